The molecule has 3 aromatic rings. The van der Waals surface area contributed by atoms with Gasteiger partial charge in [-0.25, -0.2) is 0 Å². The van der Waals surface area contributed by atoms with Gasteiger partial charge in [0.05, 0.1) is 30.0 Å². The number of carbonyl (C=O) groups excluding carboxylic acids is 2. The van der Waals surface area contributed by atoms with Gasteiger partial charge in [-0.05, 0) is 61.5 Å². The molecule has 0 bridgehead atoms. The van der Waals surface area contributed by atoms with E-state index in [2.05, 4.69) is 4.98 Å². The highest BCUT2D eigenvalue weighted by Crippen LogP contribution is 2.42. The molecule has 33 heavy (non-hydrogen) atoms. The Bertz CT molecular complexity index is 1230. The number of halogens is 1. The van der Waals surface area contributed by atoms with E-state index in [9.17, 15) is 14.7 Å². The number of Topliss-reactive ketones (excluding diaryl/α,β-unsaturated/α-hetero) is 1. The van der Waals surface area contributed by atoms with Crippen LogP contribution in [-0.4, -0.2) is 35.5 Å². The maximum atomic E-state index is 13.1. The molecule has 0 spiro atoms. The van der Waals surface area contributed by atoms with Crippen molar-refractivity contribution >= 4 is 34.7 Å². The highest BCUT2D eigenvalue weighted by molar-refractivity contribution is 6.51. The Morgan fingerprint density at radius 1 is 1.12 bits per heavy atom. The van der Waals surface area contributed by atoms with E-state index in [1.807, 2.05) is 6.92 Å². The number of ketones is 1. The van der Waals surface area contributed by atoms with Crippen molar-refractivity contribution in [2.45, 2.75) is 13.0 Å². The molecule has 2 aromatic carbocycles. The average Bonchev–Trinajstić information content (AvgIpc) is 3.10. The van der Waals surface area contributed by atoms with Crippen LogP contribution < -0.4 is 14.4 Å². The van der Waals surface area contributed by atoms with Gasteiger partial charge in [0.25, 0.3) is 11.7 Å². The average molecular weight is 465 g/mol. The van der Waals surface area contributed by atoms with Gasteiger partial charge < -0.3 is 14.6 Å². The number of amides is 1. The molecule has 1 aliphatic heterocycles. The summed E-state index contributed by atoms with van der Waals surface area (Å²) in [5, 5.41) is 11.4. The van der Waals surface area contributed by atoms with Crippen LogP contribution >= 0.6 is 11.6 Å². The van der Waals surface area contributed by atoms with E-state index in [0.717, 1.165) is 0 Å². The predicted molar refractivity (Wildman–Crippen MR) is 125 cm³/mol. The standard InChI is InChI=1S/C25H21ClN2O5/c1-3-33-17-10-8-16(9-11-17)28-22(19-6-4-5-13-27-19)21(24(30)25(28)31)23(29)15-7-12-20(32-2)18(26)14-15/h4-14,22,29H,3H2,1-2H3/b23-21-. The van der Waals surface area contributed by atoms with Gasteiger partial charge in [-0.15, -0.1) is 0 Å². The number of benzene rings is 2. The number of ether oxygens (including phenoxy) is 2. The Morgan fingerprint density at radius 3 is 2.48 bits per heavy atom. The molecule has 0 radical (unpaired) electrons. The number of hydrogen-bond donors (Lipinski definition) is 1. The van der Waals surface area contributed by atoms with Gasteiger partial charge in [-0.3, -0.25) is 19.5 Å². The number of rotatable bonds is 6. The van der Waals surface area contributed by atoms with Crippen molar-refractivity contribution in [1.82, 2.24) is 4.98 Å². The normalized spacial score (nSPS) is 17.3. The van der Waals surface area contributed by atoms with Crippen molar-refractivity contribution in [1.29, 1.82) is 0 Å². The lowest BCUT2D eigenvalue weighted by Crippen LogP contribution is -2.29. The lowest BCUT2D eigenvalue weighted by molar-refractivity contribution is -0.132. The monoisotopic (exact) mass is 464 g/mol. The van der Waals surface area contributed by atoms with Crippen molar-refractivity contribution in [3.63, 3.8) is 0 Å². The van der Waals surface area contributed by atoms with E-state index < -0.39 is 17.7 Å². The summed E-state index contributed by atoms with van der Waals surface area (Å²) < 4.78 is 10.6. The van der Waals surface area contributed by atoms with E-state index >= 15 is 0 Å². The molecule has 1 atom stereocenters. The van der Waals surface area contributed by atoms with Crippen LogP contribution in [0.4, 0.5) is 5.69 Å². The van der Waals surface area contributed by atoms with E-state index in [4.69, 9.17) is 21.1 Å². The number of anilines is 1. The minimum atomic E-state index is -0.926. The largest absolute Gasteiger partial charge is 0.507 e. The summed E-state index contributed by atoms with van der Waals surface area (Å²) in [6.07, 6.45) is 1.57. The Kier molecular flexibility index (Phi) is 6.33. The molecule has 168 valence electrons. The van der Waals surface area contributed by atoms with Gasteiger partial charge in [-0.2, -0.15) is 0 Å². The fraction of sp³-hybridized carbons (Fsp3) is 0.160. The highest BCUT2D eigenvalue weighted by Gasteiger charge is 2.47. The third-order valence-corrected chi connectivity index (χ3v) is 5.56. The fourth-order valence-electron chi connectivity index (χ4n) is 3.76. The van der Waals surface area contributed by atoms with E-state index in [-0.39, 0.29) is 21.9 Å². The molecule has 1 aromatic heterocycles. The summed E-state index contributed by atoms with van der Waals surface area (Å²) >= 11 is 6.22. The molecular formula is C25H21ClN2O5. The van der Waals surface area contributed by atoms with Gasteiger partial charge in [0.1, 0.15) is 23.3 Å². The Labute approximate surface area is 195 Å². The van der Waals surface area contributed by atoms with Crippen molar-refractivity contribution in [2.75, 3.05) is 18.6 Å². The molecule has 1 fully saturated rings. The van der Waals surface area contributed by atoms with Gasteiger partial charge >= 0.3 is 0 Å². The van der Waals surface area contributed by atoms with Gasteiger partial charge in [0.2, 0.25) is 0 Å². The summed E-state index contributed by atoms with van der Waals surface area (Å²) in [5.41, 5.74) is 1.12. The lowest BCUT2D eigenvalue weighted by atomic mass is 9.98. The molecular weight excluding hydrogens is 444 g/mol. The number of methoxy groups -OCH3 is 1. The zero-order valence-electron chi connectivity index (χ0n) is 18.0. The molecule has 1 saturated heterocycles. The summed E-state index contributed by atoms with van der Waals surface area (Å²) in [4.78, 5) is 32.0. The second-order valence-electron chi connectivity index (χ2n) is 7.20. The smallest absolute Gasteiger partial charge is 0.300 e. The molecule has 8 heteroatoms. The Balaban J connectivity index is 1.87. The van der Waals surface area contributed by atoms with Crippen LogP contribution in [0, 0.1) is 0 Å². The van der Waals surface area contributed by atoms with Crippen molar-refractivity contribution in [3.05, 3.63) is 88.7 Å². The molecule has 0 saturated carbocycles. The zero-order chi connectivity index (χ0) is 23.5. The lowest BCUT2D eigenvalue weighted by Gasteiger charge is -2.24. The summed E-state index contributed by atoms with van der Waals surface area (Å²) in [7, 11) is 1.48. The third kappa shape index (κ3) is 4.15. The van der Waals surface area contributed by atoms with Crippen molar-refractivity contribution in [3.8, 4) is 11.5 Å². The van der Waals surface area contributed by atoms with Gasteiger partial charge in [0, 0.05) is 17.4 Å². The summed E-state index contributed by atoms with van der Waals surface area (Å²) in [6, 6.07) is 15.7. The van der Waals surface area contributed by atoms with Crippen molar-refractivity contribution in [2.24, 2.45) is 0 Å². The SMILES string of the molecule is CCOc1ccc(N2C(=O)C(=O)/C(=C(\O)c3ccc(OC)c(Cl)c3)C2c2ccccn2)cc1. The van der Waals surface area contributed by atoms with E-state index in [0.29, 0.717) is 29.5 Å². The number of nitrogens with zero attached hydrogens (tertiary/aromatic N) is 2. The molecule has 1 aliphatic rings. The number of carbonyl (C=O) groups is 2. The van der Waals surface area contributed by atoms with E-state index in [1.165, 1.54) is 18.1 Å². The van der Waals surface area contributed by atoms with Crippen molar-refractivity contribution < 1.29 is 24.2 Å². The third-order valence-electron chi connectivity index (χ3n) is 5.26. The molecule has 1 amide bonds. The first-order chi connectivity index (χ1) is 16.0. The minimum Gasteiger partial charge on any atom is -0.507 e. The topological polar surface area (TPSA) is 89.0 Å². The molecule has 7 nitrogen and oxygen atoms in total. The molecule has 1 unspecified atom stereocenters. The molecule has 4 rings (SSSR count). The maximum absolute atomic E-state index is 13.1. The highest BCUT2D eigenvalue weighted by atomic mass is 35.5. The first kappa shape index (κ1) is 22.4. The van der Waals surface area contributed by atoms with Crippen LogP contribution in [0.1, 0.15) is 24.2 Å². The number of aliphatic hydroxyl groups is 1. The Hall–Kier alpha value is -3.84. The van der Waals surface area contributed by atoms with Crippen LogP contribution in [0.15, 0.2) is 72.4 Å². The van der Waals surface area contributed by atoms with Crippen LogP contribution in [0.3, 0.4) is 0 Å². The maximum Gasteiger partial charge on any atom is 0.300 e. The number of aliphatic hydroxyl groups excluding tert-OH is 1. The van der Waals surface area contributed by atoms with Gasteiger partial charge in [-0.1, -0.05) is 17.7 Å². The van der Waals surface area contributed by atoms with Crippen LogP contribution in [0.5, 0.6) is 11.5 Å². The molecule has 1 N–H and O–H groups in total. The Morgan fingerprint density at radius 2 is 1.88 bits per heavy atom. The van der Waals surface area contributed by atoms with Crippen LogP contribution in [0.25, 0.3) is 5.76 Å². The second-order valence-corrected chi connectivity index (χ2v) is 7.61. The predicted octanol–water partition coefficient (Wildman–Crippen LogP) is 4.77. The minimum absolute atomic E-state index is 0.0752. The quantitative estimate of drug-likeness (QED) is 0.321. The van der Waals surface area contributed by atoms with Crippen LogP contribution in [0.2, 0.25) is 5.02 Å². The molecule has 2 heterocycles. The summed E-state index contributed by atoms with van der Waals surface area (Å²) in [5.74, 6) is -0.869. The van der Waals surface area contributed by atoms with Gasteiger partial charge in [0.15, 0.2) is 0 Å². The number of aromatic nitrogens is 1. The number of pyridine rings is 1. The first-order valence-corrected chi connectivity index (χ1v) is 10.6. The number of hydrogen-bond acceptors (Lipinski definition) is 6. The fourth-order valence-corrected chi connectivity index (χ4v) is 4.01. The molecule has 0 aliphatic carbocycles. The second kappa shape index (κ2) is 9.34. The van der Waals surface area contributed by atoms with Crippen LogP contribution in [-0.2, 0) is 9.59 Å². The zero-order valence-corrected chi connectivity index (χ0v) is 18.7. The van der Waals surface area contributed by atoms with E-state index in [1.54, 1.807) is 60.8 Å². The first-order valence-electron chi connectivity index (χ1n) is 10.2. The summed E-state index contributed by atoms with van der Waals surface area (Å²) in [6.45, 7) is 2.38.